The average Bonchev–Trinajstić information content (AvgIpc) is 3.60. The van der Waals surface area contributed by atoms with Crippen LogP contribution in [0.1, 0.15) is 74.1 Å². The third-order valence-corrected chi connectivity index (χ3v) is 8.17. The Bertz CT molecular complexity index is 1380. The van der Waals surface area contributed by atoms with Crippen molar-refractivity contribution in [2.45, 2.75) is 70.8 Å². The third kappa shape index (κ3) is 5.33. The number of benzene rings is 2. The fourth-order valence-electron chi connectivity index (χ4n) is 6.21. The van der Waals surface area contributed by atoms with E-state index in [2.05, 4.69) is 17.1 Å². The zero-order valence-corrected chi connectivity index (χ0v) is 22.8. The molecular weight excluding hydrogens is 503 g/mol. The van der Waals surface area contributed by atoms with E-state index in [1.165, 1.54) is 17.3 Å². The number of aromatic nitrogens is 1. The van der Waals surface area contributed by atoms with Gasteiger partial charge in [0.15, 0.2) is 0 Å². The van der Waals surface area contributed by atoms with Crippen LogP contribution in [0.25, 0.3) is 11.1 Å². The van der Waals surface area contributed by atoms with Crippen molar-refractivity contribution in [1.29, 1.82) is 0 Å². The zero-order chi connectivity index (χ0) is 28.0. The molecule has 2 aliphatic rings. The topological polar surface area (TPSA) is 48.4 Å². The SMILES string of the molecule is CO[C@H](c1cc(COc2ccc3c(c2)[C@]2(CCC3)C[C@H]2C=O)ccc1-c1ccnc(C(F)(F)F)c1)C(C)(C)C. The van der Waals surface area contributed by atoms with Gasteiger partial charge in [-0.25, -0.2) is 0 Å². The molecule has 1 spiro atoms. The van der Waals surface area contributed by atoms with Crippen molar-refractivity contribution in [1.82, 2.24) is 4.98 Å². The summed E-state index contributed by atoms with van der Waals surface area (Å²) >= 11 is 0. The molecular formula is C32H34F3NO3. The molecule has 5 rings (SSSR count). The number of fused-ring (bicyclic) bond motifs is 2. The van der Waals surface area contributed by atoms with Crippen molar-refractivity contribution in [3.05, 3.63) is 82.7 Å². The molecule has 4 nitrogen and oxygen atoms in total. The second-order valence-electron chi connectivity index (χ2n) is 11.9. The van der Waals surface area contributed by atoms with E-state index in [9.17, 15) is 18.0 Å². The lowest BCUT2D eigenvalue weighted by atomic mass is 9.78. The number of hydrogen-bond acceptors (Lipinski definition) is 4. The molecule has 1 heterocycles. The van der Waals surface area contributed by atoms with E-state index in [1.54, 1.807) is 13.2 Å². The minimum Gasteiger partial charge on any atom is -0.489 e. The van der Waals surface area contributed by atoms with Crippen LogP contribution in [0.15, 0.2) is 54.7 Å². The van der Waals surface area contributed by atoms with E-state index in [1.807, 2.05) is 45.0 Å². The van der Waals surface area contributed by atoms with E-state index in [0.29, 0.717) is 17.7 Å². The molecule has 0 amide bonds. The van der Waals surface area contributed by atoms with Gasteiger partial charge in [0.2, 0.25) is 0 Å². The van der Waals surface area contributed by atoms with E-state index < -0.39 is 11.9 Å². The van der Waals surface area contributed by atoms with Gasteiger partial charge in [0, 0.05) is 24.6 Å². The minimum atomic E-state index is -4.53. The summed E-state index contributed by atoms with van der Waals surface area (Å²) < 4.78 is 52.3. The van der Waals surface area contributed by atoms with Gasteiger partial charge < -0.3 is 14.3 Å². The first-order valence-corrected chi connectivity index (χ1v) is 13.4. The van der Waals surface area contributed by atoms with E-state index in [0.717, 1.165) is 54.9 Å². The Hall–Kier alpha value is -3.19. The summed E-state index contributed by atoms with van der Waals surface area (Å²) in [5.41, 5.74) is 4.05. The van der Waals surface area contributed by atoms with Gasteiger partial charge in [-0.15, -0.1) is 0 Å². The maximum Gasteiger partial charge on any atom is 0.433 e. The molecule has 2 aromatic carbocycles. The molecule has 7 heteroatoms. The van der Waals surface area contributed by atoms with Gasteiger partial charge in [0.25, 0.3) is 0 Å². The molecule has 1 saturated carbocycles. The molecule has 0 aliphatic heterocycles. The highest BCUT2D eigenvalue weighted by Crippen LogP contribution is 2.59. The van der Waals surface area contributed by atoms with Crippen LogP contribution >= 0.6 is 0 Å². The van der Waals surface area contributed by atoms with Crippen LogP contribution < -0.4 is 4.74 Å². The summed E-state index contributed by atoms with van der Waals surface area (Å²) in [6, 6.07) is 14.5. The van der Waals surface area contributed by atoms with Crippen molar-refractivity contribution in [3.8, 4) is 16.9 Å². The lowest BCUT2D eigenvalue weighted by Crippen LogP contribution is -2.21. The maximum atomic E-state index is 13.4. The highest BCUT2D eigenvalue weighted by molar-refractivity contribution is 5.69. The Kier molecular flexibility index (Phi) is 7.08. The Morgan fingerprint density at radius 3 is 2.56 bits per heavy atom. The monoisotopic (exact) mass is 537 g/mol. The van der Waals surface area contributed by atoms with Gasteiger partial charge in [-0.1, -0.05) is 39.0 Å². The summed E-state index contributed by atoms with van der Waals surface area (Å²) in [7, 11) is 1.62. The fraction of sp³-hybridized carbons (Fsp3) is 0.438. The fourth-order valence-corrected chi connectivity index (χ4v) is 6.21. The van der Waals surface area contributed by atoms with Gasteiger partial charge in [0.1, 0.15) is 24.3 Å². The minimum absolute atomic E-state index is 0.0261. The molecule has 0 radical (unpaired) electrons. The lowest BCUT2D eigenvalue weighted by molar-refractivity contribution is -0.141. The van der Waals surface area contributed by atoms with Crippen LogP contribution in [-0.4, -0.2) is 18.4 Å². The summed E-state index contributed by atoms with van der Waals surface area (Å²) in [4.78, 5) is 15.0. The van der Waals surface area contributed by atoms with Crippen LogP contribution in [0.2, 0.25) is 0 Å². The molecule has 3 aromatic rings. The lowest BCUT2D eigenvalue weighted by Gasteiger charge is -2.32. The largest absolute Gasteiger partial charge is 0.489 e. The number of aldehydes is 1. The van der Waals surface area contributed by atoms with Crippen molar-refractivity contribution in [2.24, 2.45) is 11.3 Å². The molecule has 0 N–H and O–H groups in total. The number of halogens is 3. The molecule has 39 heavy (non-hydrogen) atoms. The highest BCUT2D eigenvalue weighted by Gasteiger charge is 2.56. The number of hydrogen-bond donors (Lipinski definition) is 0. The molecule has 1 fully saturated rings. The molecule has 3 atom stereocenters. The summed E-state index contributed by atoms with van der Waals surface area (Å²) in [5, 5.41) is 0. The Labute approximate surface area is 227 Å². The number of nitrogens with zero attached hydrogens (tertiary/aromatic N) is 1. The van der Waals surface area contributed by atoms with Crippen LogP contribution in [0.4, 0.5) is 13.2 Å². The van der Waals surface area contributed by atoms with Crippen LogP contribution in [0, 0.1) is 11.3 Å². The van der Waals surface area contributed by atoms with Crippen molar-refractivity contribution in [2.75, 3.05) is 7.11 Å². The molecule has 0 saturated heterocycles. The van der Waals surface area contributed by atoms with E-state index in [4.69, 9.17) is 9.47 Å². The van der Waals surface area contributed by atoms with Gasteiger partial charge in [0.05, 0.1) is 6.10 Å². The Morgan fingerprint density at radius 2 is 1.90 bits per heavy atom. The standard InChI is InChI=1S/C32H34F3NO3/c1-30(2,3)29(38-4)26-14-20(7-10-25(26)22-11-13-36-28(15-22)32(33,34)35)19-39-24-9-8-21-6-5-12-31(27(21)16-24)17-23(31)18-37/h7-11,13-16,18,23,29H,5-6,12,17,19H2,1-4H3/t23-,29+,31+/m0/s1. The average molecular weight is 538 g/mol. The number of alkyl halides is 3. The third-order valence-electron chi connectivity index (χ3n) is 8.17. The first kappa shape index (κ1) is 27.4. The Balaban J connectivity index is 1.46. The van der Waals surface area contributed by atoms with Gasteiger partial charge in [-0.3, -0.25) is 4.98 Å². The number of aryl methyl sites for hydroxylation is 1. The van der Waals surface area contributed by atoms with E-state index in [-0.39, 0.29) is 22.9 Å². The van der Waals surface area contributed by atoms with E-state index >= 15 is 0 Å². The van der Waals surface area contributed by atoms with Crippen LogP contribution in [0.3, 0.4) is 0 Å². The molecule has 2 aliphatic carbocycles. The quantitative estimate of drug-likeness (QED) is 0.288. The molecule has 0 bridgehead atoms. The second kappa shape index (κ2) is 10.1. The van der Waals surface area contributed by atoms with Crippen molar-refractivity contribution >= 4 is 6.29 Å². The summed E-state index contributed by atoms with van der Waals surface area (Å²) in [6.45, 7) is 6.40. The second-order valence-corrected chi connectivity index (χ2v) is 11.9. The normalized spacial score (nSPS) is 21.4. The zero-order valence-electron chi connectivity index (χ0n) is 22.8. The maximum absolute atomic E-state index is 13.4. The molecule has 1 aromatic heterocycles. The number of methoxy groups -OCH3 is 1. The number of carbonyl (C=O) groups is 1. The number of rotatable bonds is 7. The van der Waals surface area contributed by atoms with Gasteiger partial charge in [-0.2, -0.15) is 13.2 Å². The van der Waals surface area contributed by atoms with Crippen molar-refractivity contribution in [3.63, 3.8) is 0 Å². The smallest absolute Gasteiger partial charge is 0.433 e. The van der Waals surface area contributed by atoms with Gasteiger partial charge >= 0.3 is 6.18 Å². The number of carbonyl (C=O) groups excluding carboxylic acids is 1. The van der Waals surface area contributed by atoms with Crippen LogP contribution in [0.5, 0.6) is 5.75 Å². The molecule has 206 valence electrons. The summed E-state index contributed by atoms with van der Waals surface area (Å²) in [5.74, 6) is 0.844. The first-order chi connectivity index (χ1) is 18.5. The van der Waals surface area contributed by atoms with Gasteiger partial charge in [-0.05, 0) is 94.8 Å². The highest BCUT2D eigenvalue weighted by atomic mass is 19.4. The van der Waals surface area contributed by atoms with Crippen LogP contribution in [-0.2, 0) is 34.2 Å². The number of pyridine rings is 1. The Morgan fingerprint density at radius 1 is 1.10 bits per heavy atom. The molecule has 0 unspecified atom stereocenters. The first-order valence-electron chi connectivity index (χ1n) is 13.4. The summed E-state index contributed by atoms with van der Waals surface area (Å²) in [6.07, 6.45) is 1.45. The predicted octanol–water partition coefficient (Wildman–Crippen LogP) is 7.87. The predicted molar refractivity (Wildman–Crippen MR) is 143 cm³/mol. The van der Waals surface area contributed by atoms with Crippen molar-refractivity contribution < 1.29 is 27.4 Å². The number of ether oxygens (including phenoxy) is 2.